The highest BCUT2D eigenvalue weighted by Gasteiger charge is 2.11. The molecule has 0 saturated heterocycles. The van der Waals surface area contributed by atoms with E-state index in [9.17, 15) is 8.78 Å². The smallest absolute Gasteiger partial charge is 0.387 e. The zero-order valence-corrected chi connectivity index (χ0v) is 20.5. The number of fused-ring (bicyclic) bond motifs is 1. The molecule has 0 fully saturated rings. The van der Waals surface area contributed by atoms with Gasteiger partial charge in [-0.2, -0.15) is 8.78 Å². The summed E-state index contributed by atoms with van der Waals surface area (Å²) in [6.07, 6.45) is 12.1. The number of aromatic nitrogens is 2. The highest BCUT2D eigenvalue weighted by atomic mass is 19.3. The van der Waals surface area contributed by atoms with Gasteiger partial charge in [-0.05, 0) is 66.0 Å². The van der Waals surface area contributed by atoms with Crippen molar-refractivity contribution in [3.8, 4) is 17.1 Å². The maximum atomic E-state index is 15.2. The predicted octanol–water partition coefficient (Wildman–Crippen LogP) is 8.34. The van der Waals surface area contributed by atoms with Gasteiger partial charge in [0.05, 0.1) is 0 Å². The number of hydrogen-bond acceptors (Lipinski definition) is 3. The van der Waals surface area contributed by atoms with Gasteiger partial charge in [-0.15, -0.1) is 0 Å². The number of aryl methyl sites for hydroxylation is 3. The Bertz CT molecular complexity index is 1260. The van der Waals surface area contributed by atoms with Crippen LogP contribution in [0.4, 0.5) is 13.2 Å². The van der Waals surface area contributed by atoms with Crippen molar-refractivity contribution in [3.05, 3.63) is 89.5 Å². The van der Waals surface area contributed by atoms with Gasteiger partial charge in [0.1, 0.15) is 11.6 Å². The van der Waals surface area contributed by atoms with Gasteiger partial charge in [-0.1, -0.05) is 69.0 Å². The van der Waals surface area contributed by atoms with E-state index >= 15 is 4.39 Å². The van der Waals surface area contributed by atoms with E-state index in [0.29, 0.717) is 29.6 Å². The fourth-order valence-electron chi connectivity index (χ4n) is 4.35. The number of alkyl halides is 2. The summed E-state index contributed by atoms with van der Waals surface area (Å²) in [5.74, 6) is 0.508. The minimum absolute atomic E-state index is 0.113. The van der Waals surface area contributed by atoms with Gasteiger partial charge >= 0.3 is 6.61 Å². The van der Waals surface area contributed by atoms with Crippen LogP contribution >= 0.6 is 0 Å². The Hall–Kier alpha value is -3.41. The van der Waals surface area contributed by atoms with Crippen LogP contribution in [0.5, 0.6) is 5.75 Å². The molecule has 0 aliphatic heterocycles. The Morgan fingerprint density at radius 2 is 1.53 bits per heavy atom. The normalized spacial score (nSPS) is 11.4. The number of ether oxygens (including phenoxy) is 1. The molecule has 1 heterocycles. The van der Waals surface area contributed by atoms with Crippen LogP contribution < -0.4 is 4.74 Å². The fraction of sp³-hybridized carbons (Fsp3) is 0.333. The Labute approximate surface area is 210 Å². The third kappa shape index (κ3) is 6.84. The van der Waals surface area contributed by atoms with E-state index < -0.39 is 6.61 Å². The van der Waals surface area contributed by atoms with Crippen molar-refractivity contribution in [2.24, 2.45) is 0 Å². The molecule has 3 aromatic carbocycles. The standard InChI is InChI=1S/C30H31F3N2O/c1-2-3-4-5-6-7-22-19-34-29(35-20-22)25-14-17-27-24(18-25)13-12-23(28(27)31)11-8-21-9-15-26(16-10-21)36-30(32)33/h9-10,12-20,30H,2-8,11H2,1H3. The lowest BCUT2D eigenvalue weighted by atomic mass is 9.99. The zero-order valence-electron chi connectivity index (χ0n) is 20.5. The lowest BCUT2D eigenvalue weighted by Crippen LogP contribution is -2.02. The quantitative estimate of drug-likeness (QED) is 0.186. The van der Waals surface area contributed by atoms with E-state index in [4.69, 9.17) is 0 Å². The molecule has 0 bridgehead atoms. The third-order valence-corrected chi connectivity index (χ3v) is 6.40. The summed E-state index contributed by atoms with van der Waals surface area (Å²) < 4.78 is 44.2. The van der Waals surface area contributed by atoms with Crippen LogP contribution in [-0.2, 0) is 19.3 Å². The fourth-order valence-corrected chi connectivity index (χ4v) is 4.35. The third-order valence-electron chi connectivity index (χ3n) is 6.40. The Morgan fingerprint density at radius 1 is 0.778 bits per heavy atom. The number of rotatable bonds is 12. The van der Waals surface area contributed by atoms with E-state index in [-0.39, 0.29) is 11.6 Å². The Morgan fingerprint density at radius 3 is 2.25 bits per heavy atom. The van der Waals surface area contributed by atoms with Gasteiger partial charge in [0.25, 0.3) is 0 Å². The summed E-state index contributed by atoms with van der Waals surface area (Å²) in [6.45, 7) is -0.632. The van der Waals surface area contributed by atoms with Crippen molar-refractivity contribution < 1.29 is 17.9 Å². The molecule has 0 unspecified atom stereocenters. The second-order valence-corrected chi connectivity index (χ2v) is 9.08. The average Bonchev–Trinajstić information content (AvgIpc) is 2.89. The molecule has 0 atom stereocenters. The number of benzene rings is 3. The molecule has 4 aromatic rings. The van der Waals surface area contributed by atoms with E-state index in [0.717, 1.165) is 34.9 Å². The first-order valence-electron chi connectivity index (χ1n) is 12.6. The Kier molecular flexibility index (Phi) is 8.93. The zero-order chi connectivity index (χ0) is 25.3. The maximum absolute atomic E-state index is 15.2. The largest absolute Gasteiger partial charge is 0.435 e. The molecular weight excluding hydrogens is 461 g/mol. The van der Waals surface area contributed by atoms with Crippen molar-refractivity contribution >= 4 is 10.8 Å². The highest BCUT2D eigenvalue weighted by Crippen LogP contribution is 2.27. The lowest BCUT2D eigenvalue weighted by molar-refractivity contribution is -0.0498. The summed E-state index contributed by atoms with van der Waals surface area (Å²) in [5.41, 5.74) is 3.54. The van der Waals surface area contributed by atoms with Crippen LogP contribution in [0.1, 0.15) is 55.7 Å². The number of nitrogens with zero attached hydrogens (tertiary/aromatic N) is 2. The first kappa shape index (κ1) is 25.7. The topological polar surface area (TPSA) is 35.0 Å². The number of hydrogen-bond donors (Lipinski definition) is 0. The van der Waals surface area contributed by atoms with E-state index in [2.05, 4.69) is 21.6 Å². The van der Waals surface area contributed by atoms with Gasteiger partial charge in [0.2, 0.25) is 0 Å². The second kappa shape index (κ2) is 12.5. The van der Waals surface area contributed by atoms with Gasteiger partial charge in [-0.25, -0.2) is 14.4 Å². The van der Waals surface area contributed by atoms with Crippen molar-refractivity contribution in [1.29, 1.82) is 0 Å². The highest BCUT2D eigenvalue weighted by molar-refractivity contribution is 5.87. The molecule has 3 nitrogen and oxygen atoms in total. The van der Waals surface area contributed by atoms with Crippen molar-refractivity contribution in [2.75, 3.05) is 0 Å². The second-order valence-electron chi connectivity index (χ2n) is 9.08. The molecule has 0 spiro atoms. The van der Waals surface area contributed by atoms with Crippen LogP contribution in [0, 0.1) is 5.82 Å². The van der Waals surface area contributed by atoms with Crippen molar-refractivity contribution in [2.45, 2.75) is 64.9 Å². The molecular formula is C30H31F3N2O. The van der Waals surface area contributed by atoms with Gasteiger partial charge in [0, 0.05) is 23.3 Å². The van der Waals surface area contributed by atoms with Crippen LogP contribution in [0.3, 0.4) is 0 Å². The minimum Gasteiger partial charge on any atom is -0.435 e. The molecule has 0 aliphatic carbocycles. The summed E-state index contributed by atoms with van der Waals surface area (Å²) in [7, 11) is 0. The van der Waals surface area contributed by atoms with Crippen LogP contribution in [0.25, 0.3) is 22.2 Å². The first-order chi connectivity index (χ1) is 17.5. The van der Waals surface area contributed by atoms with Gasteiger partial charge in [-0.3, -0.25) is 0 Å². The van der Waals surface area contributed by atoms with Crippen molar-refractivity contribution in [1.82, 2.24) is 9.97 Å². The lowest BCUT2D eigenvalue weighted by Gasteiger charge is -2.09. The number of halogens is 3. The molecule has 0 radical (unpaired) electrons. The molecule has 0 aliphatic rings. The van der Waals surface area contributed by atoms with E-state index in [1.54, 1.807) is 24.3 Å². The molecule has 188 valence electrons. The Balaban J connectivity index is 1.40. The molecule has 4 rings (SSSR count). The first-order valence-corrected chi connectivity index (χ1v) is 12.6. The van der Waals surface area contributed by atoms with E-state index in [1.807, 2.05) is 30.6 Å². The summed E-state index contributed by atoms with van der Waals surface area (Å²) in [6, 6.07) is 15.7. The molecule has 6 heteroatoms. The molecule has 36 heavy (non-hydrogen) atoms. The van der Waals surface area contributed by atoms with Gasteiger partial charge < -0.3 is 4.74 Å². The summed E-state index contributed by atoms with van der Waals surface area (Å²) in [4.78, 5) is 9.08. The monoisotopic (exact) mass is 492 g/mol. The average molecular weight is 493 g/mol. The minimum atomic E-state index is -2.85. The molecule has 1 aromatic heterocycles. The molecule has 0 saturated carbocycles. The predicted molar refractivity (Wildman–Crippen MR) is 138 cm³/mol. The van der Waals surface area contributed by atoms with Crippen LogP contribution in [-0.4, -0.2) is 16.6 Å². The van der Waals surface area contributed by atoms with Crippen LogP contribution in [0.2, 0.25) is 0 Å². The SMILES string of the molecule is CCCCCCCc1cnc(-c2ccc3c(F)c(CCc4ccc(OC(F)F)cc4)ccc3c2)nc1. The maximum Gasteiger partial charge on any atom is 0.387 e. The molecule has 0 N–H and O–H groups in total. The van der Waals surface area contributed by atoms with Crippen LogP contribution in [0.15, 0.2) is 67.0 Å². The van der Waals surface area contributed by atoms with E-state index in [1.165, 1.54) is 37.8 Å². The van der Waals surface area contributed by atoms with Crippen molar-refractivity contribution in [3.63, 3.8) is 0 Å². The number of unbranched alkanes of at least 4 members (excludes halogenated alkanes) is 4. The summed E-state index contributed by atoms with van der Waals surface area (Å²) in [5, 5.41) is 1.35. The summed E-state index contributed by atoms with van der Waals surface area (Å²) >= 11 is 0. The molecule has 0 amide bonds. The van der Waals surface area contributed by atoms with Gasteiger partial charge in [0.15, 0.2) is 5.82 Å².